The van der Waals surface area contributed by atoms with Gasteiger partial charge in [-0.1, -0.05) is 30.3 Å². The van der Waals surface area contributed by atoms with E-state index in [9.17, 15) is 0 Å². The van der Waals surface area contributed by atoms with Crippen molar-refractivity contribution in [2.75, 3.05) is 39.3 Å². The molecule has 1 aromatic carbocycles. The second-order valence-electron chi connectivity index (χ2n) is 5.41. The zero-order valence-corrected chi connectivity index (χ0v) is 13.4. The standard InChI is InChI=1S/C15H23N3.2ClH/c1-2-4-13(5-3-1)14-12-15(14)17-8-11-18-9-6-16-7-10-18;;/h1-5,14-17H,6-12H2;2*1H. The molecule has 2 unspecified atom stereocenters. The smallest absolute Gasteiger partial charge is 0.0143 e. The number of nitrogens with zero attached hydrogens (tertiary/aromatic N) is 1. The van der Waals surface area contributed by atoms with E-state index in [0.29, 0.717) is 0 Å². The summed E-state index contributed by atoms with van der Waals surface area (Å²) in [7, 11) is 0. The Morgan fingerprint density at radius 2 is 1.80 bits per heavy atom. The third kappa shape index (κ3) is 4.90. The second-order valence-corrected chi connectivity index (χ2v) is 5.41. The molecule has 0 radical (unpaired) electrons. The minimum atomic E-state index is 0. The van der Waals surface area contributed by atoms with E-state index >= 15 is 0 Å². The first kappa shape index (κ1) is 17.7. The van der Waals surface area contributed by atoms with Gasteiger partial charge in [-0.3, -0.25) is 4.90 Å². The predicted octanol–water partition coefficient (Wildman–Crippen LogP) is 1.88. The van der Waals surface area contributed by atoms with Crippen LogP contribution in [0.1, 0.15) is 17.9 Å². The summed E-state index contributed by atoms with van der Waals surface area (Å²) in [6, 6.07) is 11.6. The molecule has 1 saturated carbocycles. The van der Waals surface area contributed by atoms with E-state index in [-0.39, 0.29) is 24.8 Å². The van der Waals surface area contributed by atoms with E-state index in [0.717, 1.165) is 31.6 Å². The first-order valence-electron chi connectivity index (χ1n) is 7.15. The summed E-state index contributed by atoms with van der Waals surface area (Å²) < 4.78 is 0. The average Bonchev–Trinajstić information content (AvgIpc) is 3.21. The van der Waals surface area contributed by atoms with Crippen LogP contribution in [0.15, 0.2) is 30.3 Å². The van der Waals surface area contributed by atoms with Gasteiger partial charge in [0.25, 0.3) is 0 Å². The Morgan fingerprint density at radius 3 is 2.50 bits per heavy atom. The third-order valence-corrected chi connectivity index (χ3v) is 4.06. The Balaban J connectivity index is 0.000001000. The number of hydrogen-bond acceptors (Lipinski definition) is 3. The zero-order chi connectivity index (χ0) is 12.2. The molecule has 2 atom stereocenters. The third-order valence-electron chi connectivity index (χ3n) is 4.06. The van der Waals surface area contributed by atoms with Crippen molar-refractivity contribution < 1.29 is 0 Å². The van der Waals surface area contributed by atoms with E-state index < -0.39 is 0 Å². The van der Waals surface area contributed by atoms with Crippen LogP contribution in [0.2, 0.25) is 0 Å². The van der Waals surface area contributed by atoms with Crippen LogP contribution in [0.4, 0.5) is 0 Å². The highest BCUT2D eigenvalue weighted by molar-refractivity contribution is 5.85. The number of halogens is 2. The lowest BCUT2D eigenvalue weighted by molar-refractivity contribution is 0.241. The van der Waals surface area contributed by atoms with Crippen molar-refractivity contribution in [2.24, 2.45) is 0 Å². The molecule has 2 N–H and O–H groups in total. The van der Waals surface area contributed by atoms with Gasteiger partial charge in [0.05, 0.1) is 0 Å². The molecular weight excluding hydrogens is 293 g/mol. The van der Waals surface area contributed by atoms with Crippen molar-refractivity contribution in [3.8, 4) is 0 Å². The molecule has 3 nitrogen and oxygen atoms in total. The van der Waals surface area contributed by atoms with E-state index in [4.69, 9.17) is 0 Å². The van der Waals surface area contributed by atoms with Gasteiger partial charge >= 0.3 is 0 Å². The van der Waals surface area contributed by atoms with Crippen LogP contribution < -0.4 is 10.6 Å². The second kappa shape index (κ2) is 8.85. The average molecular weight is 318 g/mol. The van der Waals surface area contributed by atoms with E-state index in [1.165, 1.54) is 31.6 Å². The van der Waals surface area contributed by atoms with Gasteiger partial charge < -0.3 is 10.6 Å². The minimum absolute atomic E-state index is 0. The van der Waals surface area contributed by atoms with Crippen LogP contribution in [0, 0.1) is 0 Å². The number of nitrogens with one attached hydrogen (secondary N) is 2. The maximum Gasteiger partial charge on any atom is 0.0143 e. The molecular formula is C15H25Cl2N3. The maximum atomic E-state index is 3.69. The molecule has 5 heteroatoms. The molecule has 2 fully saturated rings. The summed E-state index contributed by atoms with van der Waals surface area (Å²) in [5.41, 5.74) is 1.50. The van der Waals surface area contributed by atoms with Crippen LogP contribution >= 0.6 is 24.8 Å². The molecule has 0 amide bonds. The lowest BCUT2D eigenvalue weighted by Crippen LogP contribution is -2.46. The number of benzene rings is 1. The number of rotatable bonds is 5. The zero-order valence-electron chi connectivity index (χ0n) is 11.8. The van der Waals surface area contributed by atoms with Crippen molar-refractivity contribution in [2.45, 2.75) is 18.4 Å². The molecule has 2 aliphatic rings. The van der Waals surface area contributed by atoms with Gasteiger partial charge in [-0.25, -0.2) is 0 Å². The topological polar surface area (TPSA) is 27.3 Å². The quantitative estimate of drug-likeness (QED) is 0.868. The van der Waals surface area contributed by atoms with Crippen LogP contribution in [0.3, 0.4) is 0 Å². The highest BCUT2D eigenvalue weighted by Crippen LogP contribution is 2.40. The Labute approximate surface area is 134 Å². The van der Waals surface area contributed by atoms with Crippen molar-refractivity contribution in [1.29, 1.82) is 0 Å². The summed E-state index contributed by atoms with van der Waals surface area (Å²) in [6.07, 6.45) is 1.31. The van der Waals surface area contributed by atoms with Crippen molar-refractivity contribution in [3.05, 3.63) is 35.9 Å². The molecule has 1 aliphatic carbocycles. The largest absolute Gasteiger partial charge is 0.314 e. The van der Waals surface area contributed by atoms with Crippen molar-refractivity contribution in [3.63, 3.8) is 0 Å². The van der Waals surface area contributed by atoms with E-state index in [1.807, 2.05) is 0 Å². The van der Waals surface area contributed by atoms with Crippen LogP contribution in [-0.4, -0.2) is 50.2 Å². The van der Waals surface area contributed by atoms with Crippen molar-refractivity contribution >= 4 is 24.8 Å². The highest BCUT2D eigenvalue weighted by atomic mass is 35.5. The monoisotopic (exact) mass is 317 g/mol. The van der Waals surface area contributed by atoms with Crippen LogP contribution in [0.5, 0.6) is 0 Å². The SMILES string of the molecule is Cl.Cl.c1ccc(C2CC2NCCN2CCNCC2)cc1. The molecule has 1 saturated heterocycles. The molecule has 1 aliphatic heterocycles. The molecule has 0 bridgehead atoms. The Kier molecular flexibility index (Phi) is 7.85. The lowest BCUT2D eigenvalue weighted by atomic mass is 10.1. The van der Waals surface area contributed by atoms with Gasteiger partial charge in [0.1, 0.15) is 0 Å². The fourth-order valence-electron chi connectivity index (χ4n) is 2.83. The highest BCUT2D eigenvalue weighted by Gasteiger charge is 2.37. The van der Waals surface area contributed by atoms with Gasteiger partial charge in [0.15, 0.2) is 0 Å². The summed E-state index contributed by atoms with van der Waals surface area (Å²) in [5, 5.41) is 7.08. The Hall–Kier alpha value is -0.320. The van der Waals surface area contributed by atoms with Gasteiger partial charge in [-0.15, -0.1) is 24.8 Å². The molecule has 1 aromatic rings. The molecule has 1 heterocycles. The Morgan fingerprint density at radius 1 is 1.10 bits per heavy atom. The van der Waals surface area contributed by atoms with Crippen LogP contribution in [0.25, 0.3) is 0 Å². The first-order chi connectivity index (χ1) is 8.93. The number of hydrogen-bond donors (Lipinski definition) is 2. The molecule has 0 spiro atoms. The molecule has 3 rings (SSSR count). The molecule has 20 heavy (non-hydrogen) atoms. The fraction of sp³-hybridized carbons (Fsp3) is 0.600. The van der Waals surface area contributed by atoms with Crippen LogP contribution in [-0.2, 0) is 0 Å². The fourth-order valence-corrected chi connectivity index (χ4v) is 2.83. The van der Waals surface area contributed by atoms with Gasteiger partial charge in [-0.05, 0) is 12.0 Å². The summed E-state index contributed by atoms with van der Waals surface area (Å²) >= 11 is 0. The number of piperazine rings is 1. The van der Waals surface area contributed by atoms with Gasteiger partial charge in [-0.2, -0.15) is 0 Å². The van der Waals surface area contributed by atoms with Gasteiger partial charge in [0.2, 0.25) is 0 Å². The van der Waals surface area contributed by atoms with Crippen molar-refractivity contribution in [1.82, 2.24) is 15.5 Å². The summed E-state index contributed by atoms with van der Waals surface area (Å²) in [4.78, 5) is 2.55. The minimum Gasteiger partial charge on any atom is -0.314 e. The Bertz CT molecular complexity index is 369. The first-order valence-corrected chi connectivity index (χ1v) is 7.15. The van der Waals surface area contributed by atoms with E-state index in [2.05, 4.69) is 45.9 Å². The normalized spacial score (nSPS) is 25.4. The predicted molar refractivity (Wildman–Crippen MR) is 89.4 cm³/mol. The molecule has 114 valence electrons. The van der Waals surface area contributed by atoms with E-state index in [1.54, 1.807) is 0 Å². The summed E-state index contributed by atoms with van der Waals surface area (Å²) in [6.45, 7) is 7.03. The lowest BCUT2D eigenvalue weighted by Gasteiger charge is -2.27. The molecule has 0 aromatic heterocycles. The maximum absolute atomic E-state index is 3.69. The summed E-state index contributed by atoms with van der Waals surface area (Å²) in [5.74, 6) is 0.759. The van der Waals surface area contributed by atoms with Gasteiger partial charge in [0, 0.05) is 51.2 Å².